The maximum absolute atomic E-state index is 12.3. The number of H-pyrrole nitrogens is 1. The number of nitrogens with one attached hydrogen (secondary N) is 1. The van der Waals surface area contributed by atoms with Gasteiger partial charge in [-0.3, -0.25) is 33.5 Å². The van der Waals surface area contributed by atoms with Gasteiger partial charge in [-0.15, -0.1) is 0 Å². The van der Waals surface area contributed by atoms with Gasteiger partial charge in [0.25, 0.3) is 5.56 Å². The molecule has 0 amide bonds. The molecule has 0 bridgehead atoms. The monoisotopic (exact) mass is 442 g/mol. The fraction of sp³-hybridized carbons (Fsp3) is 0.556. The standard InChI is InChI=1S/C18H22N2O11/c1-8(21)27-7-12-14(28-9(2)22)15(29-10(3)23)16(30-11(4)24)17(31-12)20-6-5-13(25)19-18(20)26/h5-6,12,14-17H,7H2,1-4H3,(H,19,25,26)/t12-,14+,15+,16-,17-/m1/s1. The molecule has 1 fully saturated rings. The second-order valence-corrected chi connectivity index (χ2v) is 6.61. The van der Waals surface area contributed by atoms with E-state index in [9.17, 15) is 28.8 Å². The maximum atomic E-state index is 12.3. The van der Waals surface area contributed by atoms with Crippen LogP contribution in [-0.4, -0.2) is 64.5 Å². The molecule has 0 saturated carbocycles. The molecule has 2 heterocycles. The van der Waals surface area contributed by atoms with Gasteiger partial charge < -0.3 is 23.7 Å². The fourth-order valence-corrected chi connectivity index (χ4v) is 3.06. The van der Waals surface area contributed by atoms with Gasteiger partial charge in [0, 0.05) is 40.0 Å². The summed E-state index contributed by atoms with van der Waals surface area (Å²) in [6, 6.07) is 1.02. The van der Waals surface area contributed by atoms with E-state index in [1.54, 1.807) is 0 Å². The number of carbonyl (C=O) groups is 4. The Morgan fingerprint density at radius 3 is 1.97 bits per heavy atom. The van der Waals surface area contributed by atoms with Gasteiger partial charge in [0.1, 0.15) is 12.7 Å². The van der Waals surface area contributed by atoms with Gasteiger partial charge in [0.15, 0.2) is 24.5 Å². The van der Waals surface area contributed by atoms with Gasteiger partial charge in [-0.05, 0) is 0 Å². The molecule has 5 atom stereocenters. The molecule has 1 aromatic heterocycles. The second kappa shape index (κ2) is 10.0. The number of hydrogen-bond acceptors (Lipinski definition) is 11. The molecule has 1 N–H and O–H groups in total. The molecule has 0 spiro atoms. The third-order valence-electron chi connectivity index (χ3n) is 4.09. The average molecular weight is 442 g/mol. The Morgan fingerprint density at radius 1 is 0.903 bits per heavy atom. The first-order chi connectivity index (χ1) is 14.5. The number of hydrogen-bond donors (Lipinski definition) is 1. The first kappa shape index (κ1) is 23.8. The van der Waals surface area contributed by atoms with Gasteiger partial charge in [0.05, 0.1) is 0 Å². The lowest BCUT2D eigenvalue weighted by atomic mass is 9.97. The highest BCUT2D eigenvalue weighted by atomic mass is 16.7. The first-order valence-electron chi connectivity index (χ1n) is 9.11. The van der Waals surface area contributed by atoms with Crippen LogP contribution < -0.4 is 11.2 Å². The van der Waals surface area contributed by atoms with Crippen LogP contribution in [0.5, 0.6) is 0 Å². The number of rotatable bonds is 6. The number of ether oxygens (including phenoxy) is 5. The van der Waals surface area contributed by atoms with Crippen LogP contribution in [0.4, 0.5) is 0 Å². The number of esters is 4. The molecule has 1 aliphatic rings. The molecule has 0 aromatic carbocycles. The minimum absolute atomic E-state index is 0.438. The average Bonchev–Trinajstić information content (AvgIpc) is 2.63. The van der Waals surface area contributed by atoms with E-state index in [-0.39, 0.29) is 0 Å². The Labute approximate surface area is 175 Å². The summed E-state index contributed by atoms with van der Waals surface area (Å²) in [6.45, 7) is 3.94. The lowest BCUT2D eigenvalue weighted by molar-refractivity contribution is -0.269. The Kier molecular flexibility index (Phi) is 7.69. The van der Waals surface area contributed by atoms with Crippen LogP contribution in [0.2, 0.25) is 0 Å². The molecule has 13 heteroatoms. The quantitative estimate of drug-likeness (QED) is 0.414. The number of nitrogens with zero attached hydrogens (tertiary/aromatic N) is 1. The number of carbonyl (C=O) groups excluding carboxylic acids is 4. The maximum Gasteiger partial charge on any atom is 0.330 e. The lowest BCUT2D eigenvalue weighted by Gasteiger charge is -2.44. The lowest BCUT2D eigenvalue weighted by Crippen LogP contribution is -2.61. The minimum atomic E-state index is -1.46. The van der Waals surface area contributed by atoms with Crippen molar-refractivity contribution >= 4 is 23.9 Å². The van der Waals surface area contributed by atoms with Crippen molar-refractivity contribution in [2.45, 2.75) is 58.3 Å². The van der Waals surface area contributed by atoms with Crippen molar-refractivity contribution in [1.82, 2.24) is 9.55 Å². The highest BCUT2D eigenvalue weighted by molar-refractivity contribution is 5.68. The van der Waals surface area contributed by atoms with Crippen LogP contribution >= 0.6 is 0 Å². The smallest absolute Gasteiger partial charge is 0.330 e. The molecule has 1 aromatic rings. The van der Waals surface area contributed by atoms with Crippen molar-refractivity contribution < 1.29 is 42.9 Å². The summed E-state index contributed by atoms with van der Waals surface area (Å²) in [5.74, 6) is -3.07. The van der Waals surface area contributed by atoms with Crippen LogP contribution in [-0.2, 0) is 42.9 Å². The predicted octanol–water partition coefficient (Wildman–Crippen LogP) is -1.21. The third-order valence-corrected chi connectivity index (χ3v) is 4.09. The van der Waals surface area contributed by atoms with Crippen molar-refractivity contribution in [3.63, 3.8) is 0 Å². The van der Waals surface area contributed by atoms with Gasteiger partial charge in [0.2, 0.25) is 0 Å². The Morgan fingerprint density at radius 2 is 1.45 bits per heavy atom. The number of aromatic amines is 1. The van der Waals surface area contributed by atoms with Gasteiger partial charge in [-0.1, -0.05) is 0 Å². The minimum Gasteiger partial charge on any atom is -0.463 e. The first-order valence-corrected chi connectivity index (χ1v) is 9.11. The van der Waals surface area contributed by atoms with Crippen LogP contribution in [0.3, 0.4) is 0 Å². The van der Waals surface area contributed by atoms with E-state index in [4.69, 9.17) is 23.7 Å². The summed E-state index contributed by atoms with van der Waals surface area (Å²) in [5.41, 5.74) is -1.60. The second-order valence-electron chi connectivity index (χ2n) is 6.61. The summed E-state index contributed by atoms with van der Waals surface area (Å²) in [4.78, 5) is 72.3. The van der Waals surface area contributed by atoms with E-state index in [0.29, 0.717) is 0 Å². The van der Waals surface area contributed by atoms with E-state index < -0.39 is 72.4 Å². The SMILES string of the molecule is CC(=O)OC[C@H]1O[C@@H](n2ccc(=O)[nH]c2=O)[C@H](OC(C)=O)[C@@H](OC(C)=O)[C@H]1OC(C)=O. The summed E-state index contributed by atoms with van der Waals surface area (Å²) >= 11 is 0. The zero-order valence-electron chi connectivity index (χ0n) is 17.2. The molecular formula is C18H22N2O11. The van der Waals surface area contributed by atoms with E-state index >= 15 is 0 Å². The zero-order valence-corrected chi connectivity index (χ0v) is 17.2. The normalized spacial score (nSPS) is 25.2. The molecule has 0 radical (unpaired) electrons. The van der Waals surface area contributed by atoms with E-state index in [1.165, 1.54) is 0 Å². The topological polar surface area (TPSA) is 169 Å². The van der Waals surface area contributed by atoms with E-state index in [2.05, 4.69) is 0 Å². The Balaban J connectivity index is 2.60. The number of aromatic nitrogens is 2. The van der Waals surface area contributed by atoms with Crippen molar-refractivity contribution in [3.05, 3.63) is 33.1 Å². The zero-order chi connectivity index (χ0) is 23.3. The molecule has 13 nitrogen and oxygen atoms in total. The highest BCUT2D eigenvalue weighted by Crippen LogP contribution is 2.33. The van der Waals surface area contributed by atoms with Gasteiger partial charge >= 0.3 is 29.6 Å². The molecule has 0 unspecified atom stereocenters. The third kappa shape index (κ3) is 6.25. The molecule has 31 heavy (non-hydrogen) atoms. The summed E-state index contributed by atoms with van der Waals surface area (Å²) in [6.07, 6.45) is -5.79. The van der Waals surface area contributed by atoms with Crippen LogP contribution in [0.1, 0.15) is 33.9 Å². The summed E-state index contributed by atoms with van der Waals surface area (Å²) in [7, 11) is 0. The Hall–Kier alpha value is -3.48. The highest BCUT2D eigenvalue weighted by Gasteiger charge is 2.53. The summed E-state index contributed by atoms with van der Waals surface area (Å²) < 4.78 is 27.4. The van der Waals surface area contributed by atoms with Gasteiger partial charge in [-0.2, -0.15) is 0 Å². The van der Waals surface area contributed by atoms with Crippen LogP contribution in [0.25, 0.3) is 0 Å². The molecular weight excluding hydrogens is 420 g/mol. The molecule has 2 rings (SSSR count). The van der Waals surface area contributed by atoms with Crippen molar-refractivity contribution in [2.75, 3.05) is 6.61 Å². The van der Waals surface area contributed by atoms with Crippen molar-refractivity contribution in [3.8, 4) is 0 Å². The molecule has 0 aliphatic carbocycles. The van der Waals surface area contributed by atoms with Gasteiger partial charge in [-0.25, -0.2) is 4.79 Å². The van der Waals surface area contributed by atoms with E-state index in [1.807, 2.05) is 4.98 Å². The van der Waals surface area contributed by atoms with Crippen molar-refractivity contribution in [2.24, 2.45) is 0 Å². The summed E-state index contributed by atoms with van der Waals surface area (Å²) in [5, 5.41) is 0. The van der Waals surface area contributed by atoms with Crippen LogP contribution in [0, 0.1) is 0 Å². The Bertz CT molecular complexity index is 966. The van der Waals surface area contributed by atoms with E-state index in [0.717, 1.165) is 44.5 Å². The van der Waals surface area contributed by atoms with Crippen LogP contribution in [0.15, 0.2) is 21.9 Å². The molecule has 1 saturated heterocycles. The van der Waals surface area contributed by atoms with Crippen molar-refractivity contribution in [1.29, 1.82) is 0 Å². The molecule has 170 valence electrons. The molecule has 1 aliphatic heterocycles. The predicted molar refractivity (Wildman–Crippen MR) is 98.5 cm³/mol. The largest absolute Gasteiger partial charge is 0.463 e. The fourth-order valence-electron chi connectivity index (χ4n) is 3.06.